The lowest BCUT2D eigenvalue weighted by Gasteiger charge is -2.22. The molecule has 6 nitrogen and oxygen atoms in total. The Hall–Kier alpha value is -2.70. The molecule has 7 heteroatoms. The molecule has 0 saturated carbocycles. The minimum atomic E-state index is -0.463. The predicted octanol–water partition coefficient (Wildman–Crippen LogP) is 2.51. The topological polar surface area (TPSA) is 64.4 Å². The predicted molar refractivity (Wildman–Crippen MR) is 90.4 cm³/mol. The first-order valence-electron chi connectivity index (χ1n) is 8.26. The van der Waals surface area contributed by atoms with Crippen molar-refractivity contribution in [3.63, 3.8) is 0 Å². The molecular weight excluding hydrogens is 325 g/mol. The molecule has 0 radical (unpaired) electrons. The highest BCUT2D eigenvalue weighted by Gasteiger charge is 2.17. The monoisotopic (exact) mass is 347 g/mol. The summed E-state index contributed by atoms with van der Waals surface area (Å²) >= 11 is 0. The Morgan fingerprint density at radius 3 is 2.84 bits per heavy atom. The molecule has 1 aromatic carbocycles. The number of hydrogen-bond donors (Lipinski definition) is 0. The fourth-order valence-electron chi connectivity index (χ4n) is 2.44. The van der Waals surface area contributed by atoms with E-state index in [1.54, 1.807) is 30.4 Å². The lowest BCUT2D eigenvalue weighted by atomic mass is 10.2. The number of halogens is 1. The van der Waals surface area contributed by atoms with Crippen LogP contribution in [-0.4, -0.2) is 46.0 Å². The maximum atomic E-state index is 13.4. The summed E-state index contributed by atoms with van der Waals surface area (Å²) in [7, 11) is 0. The van der Waals surface area contributed by atoms with E-state index < -0.39 is 5.82 Å². The largest absolute Gasteiger partial charge is 0.466 e. The van der Waals surface area contributed by atoms with Crippen molar-refractivity contribution in [3.8, 4) is 0 Å². The first-order valence-corrected chi connectivity index (χ1v) is 8.26. The van der Waals surface area contributed by atoms with Crippen molar-refractivity contribution in [1.82, 2.24) is 14.5 Å². The second-order valence-corrected chi connectivity index (χ2v) is 5.51. The highest BCUT2D eigenvalue weighted by atomic mass is 19.1. The van der Waals surface area contributed by atoms with Crippen LogP contribution in [0.1, 0.15) is 30.1 Å². The Balaban J connectivity index is 1.99. The number of hydrogen-bond acceptors (Lipinski definition) is 4. The van der Waals surface area contributed by atoms with Gasteiger partial charge in [0.05, 0.1) is 19.4 Å². The third-order valence-corrected chi connectivity index (χ3v) is 3.65. The minimum Gasteiger partial charge on any atom is -0.466 e. The smallest absolute Gasteiger partial charge is 0.307 e. The van der Waals surface area contributed by atoms with E-state index in [9.17, 15) is 14.0 Å². The fourth-order valence-corrected chi connectivity index (χ4v) is 2.44. The van der Waals surface area contributed by atoms with Gasteiger partial charge in [-0.1, -0.05) is 6.07 Å². The van der Waals surface area contributed by atoms with E-state index in [1.807, 2.05) is 10.8 Å². The molecule has 0 bridgehead atoms. The molecule has 0 aliphatic heterocycles. The quantitative estimate of drug-likeness (QED) is 0.654. The molecular formula is C18H22FN3O3. The van der Waals surface area contributed by atoms with Gasteiger partial charge in [-0.25, -0.2) is 9.37 Å². The molecule has 0 atom stereocenters. The summed E-state index contributed by atoms with van der Waals surface area (Å²) in [5, 5.41) is 0. The van der Waals surface area contributed by atoms with E-state index in [-0.39, 0.29) is 30.4 Å². The minimum absolute atomic E-state index is 0.111. The van der Waals surface area contributed by atoms with Crippen molar-refractivity contribution >= 4 is 11.9 Å². The van der Waals surface area contributed by atoms with Crippen LogP contribution >= 0.6 is 0 Å². The SMILES string of the molecule is CCOC(=O)CCN(CCCn1ccnc1)C(=O)c1cccc(F)c1. The van der Waals surface area contributed by atoms with E-state index in [4.69, 9.17) is 4.74 Å². The van der Waals surface area contributed by atoms with E-state index in [1.165, 1.54) is 18.2 Å². The molecule has 134 valence electrons. The summed E-state index contributed by atoms with van der Waals surface area (Å²) in [6, 6.07) is 5.56. The number of aryl methyl sites for hydroxylation is 1. The van der Waals surface area contributed by atoms with Crippen molar-refractivity contribution in [1.29, 1.82) is 0 Å². The van der Waals surface area contributed by atoms with Crippen LogP contribution in [0, 0.1) is 5.82 Å². The van der Waals surface area contributed by atoms with Gasteiger partial charge >= 0.3 is 5.97 Å². The van der Waals surface area contributed by atoms with Gasteiger partial charge in [0.2, 0.25) is 0 Å². The van der Waals surface area contributed by atoms with Gasteiger partial charge in [-0.3, -0.25) is 9.59 Å². The summed E-state index contributed by atoms with van der Waals surface area (Å²) in [4.78, 5) is 29.8. The number of imidazole rings is 1. The fraction of sp³-hybridized carbons (Fsp3) is 0.389. The molecule has 1 amide bonds. The zero-order valence-electron chi connectivity index (χ0n) is 14.2. The summed E-state index contributed by atoms with van der Waals surface area (Å²) < 4.78 is 20.2. The molecule has 1 aromatic heterocycles. The van der Waals surface area contributed by atoms with Crippen molar-refractivity contribution < 1.29 is 18.7 Å². The van der Waals surface area contributed by atoms with Gasteiger partial charge in [0, 0.05) is 37.6 Å². The summed E-state index contributed by atoms with van der Waals surface area (Å²) in [5.74, 6) is -1.11. The van der Waals surface area contributed by atoms with Crippen LogP contribution in [0.5, 0.6) is 0 Å². The van der Waals surface area contributed by atoms with Gasteiger partial charge in [-0.05, 0) is 31.5 Å². The number of esters is 1. The highest BCUT2D eigenvalue weighted by Crippen LogP contribution is 2.09. The van der Waals surface area contributed by atoms with Gasteiger partial charge in [0.1, 0.15) is 5.82 Å². The third kappa shape index (κ3) is 6.02. The summed E-state index contributed by atoms with van der Waals surface area (Å²) in [6.45, 7) is 3.42. The van der Waals surface area contributed by atoms with E-state index >= 15 is 0 Å². The molecule has 1 heterocycles. The van der Waals surface area contributed by atoms with E-state index in [0.29, 0.717) is 26.1 Å². The number of rotatable bonds is 9. The number of carbonyl (C=O) groups is 2. The van der Waals surface area contributed by atoms with Crippen LogP contribution in [0.3, 0.4) is 0 Å². The van der Waals surface area contributed by atoms with Crippen molar-refractivity contribution in [3.05, 3.63) is 54.4 Å². The normalized spacial score (nSPS) is 10.5. The van der Waals surface area contributed by atoms with Gasteiger partial charge in [0.25, 0.3) is 5.91 Å². The van der Waals surface area contributed by atoms with Gasteiger partial charge in [-0.15, -0.1) is 0 Å². The molecule has 0 fully saturated rings. The average Bonchev–Trinajstić information content (AvgIpc) is 3.11. The van der Waals surface area contributed by atoms with Crippen LogP contribution in [0.15, 0.2) is 43.0 Å². The van der Waals surface area contributed by atoms with Crippen molar-refractivity contribution in [2.45, 2.75) is 26.3 Å². The molecule has 0 saturated heterocycles. The molecule has 25 heavy (non-hydrogen) atoms. The number of nitrogens with zero attached hydrogens (tertiary/aromatic N) is 3. The number of benzene rings is 1. The molecule has 0 unspecified atom stereocenters. The average molecular weight is 347 g/mol. The molecule has 2 aromatic rings. The first-order chi connectivity index (χ1) is 12.1. The second-order valence-electron chi connectivity index (χ2n) is 5.51. The number of carbonyl (C=O) groups excluding carboxylic acids is 2. The zero-order valence-corrected chi connectivity index (χ0v) is 14.2. The van der Waals surface area contributed by atoms with Crippen LogP contribution in [0.2, 0.25) is 0 Å². The standard InChI is InChI=1S/C18H22FN3O3/c1-2-25-17(23)7-11-22(10-4-9-21-12-8-20-14-21)18(24)15-5-3-6-16(19)13-15/h3,5-6,8,12-14H,2,4,7,9-11H2,1H3. The lowest BCUT2D eigenvalue weighted by molar-refractivity contribution is -0.143. The van der Waals surface area contributed by atoms with Crippen molar-refractivity contribution in [2.75, 3.05) is 19.7 Å². The van der Waals surface area contributed by atoms with Crippen LogP contribution in [0.25, 0.3) is 0 Å². The van der Waals surface area contributed by atoms with Crippen molar-refractivity contribution in [2.24, 2.45) is 0 Å². The second kappa shape index (κ2) is 9.56. The lowest BCUT2D eigenvalue weighted by Crippen LogP contribution is -2.34. The number of amides is 1. The number of aromatic nitrogens is 2. The Bertz CT molecular complexity index is 689. The molecule has 0 aliphatic rings. The van der Waals surface area contributed by atoms with Gasteiger partial charge in [-0.2, -0.15) is 0 Å². The Labute approximate surface area is 146 Å². The van der Waals surface area contributed by atoms with E-state index in [0.717, 1.165) is 0 Å². The van der Waals surface area contributed by atoms with Crippen LogP contribution in [0.4, 0.5) is 4.39 Å². The Morgan fingerprint density at radius 2 is 2.16 bits per heavy atom. The van der Waals surface area contributed by atoms with Gasteiger partial charge < -0.3 is 14.2 Å². The zero-order chi connectivity index (χ0) is 18.1. The third-order valence-electron chi connectivity index (χ3n) is 3.65. The first kappa shape index (κ1) is 18.6. The molecule has 2 rings (SSSR count). The Kier molecular flexibility index (Phi) is 7.13. The molecule has 0 aliphatic carbocycles. The Morgan fingerprint density at radius 1 is 1.32 bits per heavy atom. The van der Waals surface area contributed by atoms with Crippen LogP contribution < -0.4 is 0 Å². The highest BCUT2D eigenvalue weighted by molar-refractivity contribution is 5.94. The summed E-state index contributed by atoms with van der Waals surface area (Å²) in [5.41, 5.74) is 0.270. The van der Waals surface area contributed by atoms with Crippen LogP contribution in [-0.2, 0) is 16.1 Å². The molecule has 0 N–H and O–H groups in total. The van der Waals surface area contributed by atoms with E-state index in [2.05, 4.69) is 4.98 Å². The van der Waals surface area contributed by atoms with Gasteiger partial charge in [0.15, 0.2) is 0 Å². The number of ether oxygens (including phenoxy) is 1. The maximum Gasteiger partial charge on any atom is 0.307 e. The summed E-state index contributed by atoms with van der Waals surface area (Å²) in [6.07, 6.45) is 6.05. The molecule has 0 spiro atoms. The maximum absolute atomic E-state index is 13.4.